The highest BCUT2D eigenvalue weighted by molar-refractivity contribution is 5.93. The van der Waals surface area contributed by atoms with Crippen LogP contribution >= 0.6 is 0 Å². The molecule has 2 rings (SSSR count). The van der Waals surface area contributed by atoms with Gasteiger partial charge in [0.15, 0.2) is 0 Å². The number of carbonyl (C=O) groups excluding carboxylic acids is 1. The number of hydrogen-bond acceptors (Lipinski definition) is 2. The third kappa shape index (κ3) is 3.35. The van der Waals surface area contributed by atoms with Gasteiger partial charge in [-0.05, 0) is 23.6 Å². The first kappa shape index (κ1) is 14.1. The van der Waals surface area contributed by atoms with Crippen molar-refractivity contribution in [3.8, 4) is 0 Å². The quantitative estimate of drug-likeness (QED) is 0.926. The number of nitrogens with zero attached hydrogens (tertiary/aromatic N) is 1. The molecule has 0 saturated carbocycles. The summed E-state index contributed by atoms with van der Waals surface area (Å²) < 4.78 is 0. The number of H-pyrrole nitrogens is 1. The van der Waals surface area contributed by atoms with Crippen LogP contribution in [-0.4, -0.2) is 22.8 Å². The average molecular weight is 270 g/mol. The minimum absolute atomic E-state index is 0.157. The molecule has 1 heterocycles. The normalized spacial score (nSPS) is 10.3. The van der Waals surface area contributed by atoms with Crippen LogP contribution in [0.2, 0.25) is 0 Å². The van der Waals surface area contributed by atoms with Crippen LogP contribution in [0.3, 0.4) is 0 Å². The first-order valence-electron chi connectivity index (χ1n) is 6.62. The van der Waals surface area contributed by atoms with Gasteiger partial charge in [0.05, 0.1) is 0 Å². The van der Waals surface area contributed by atoms with E-state index >= 15 is 0 Å². The number of nitrogens with one attached hydrogen (secondary N) is 1. The van der Waals surface area contributed by atoms with E-state index in [-0.39, 0.29) is 11.5 Å². The number of amides is 1. The van der Waals surface area contributed by atoms with Crippen molar-refractivity contribution in [1.29, 1.82) is 0 Å². The molecule has 0 spiro atoms. The fourth-order valence-corrected chi connectivity index (χ4v) is 2.02. The SMILES string of the molecule is CCc1ccc(CN(C)C(=O)c2cc[nH]c(=O)c2)cc1. The smallest absolute Gasteiger partial charge is 0.254 e. The highest BCUT2D eigenvalue weighted by Gasteiger charge is 2.12. The van der Waals surface area contributed by atoms with E-state index in [4.69, 9.17) is 0 Å². The molecule has 104 valence electrons. The number of hydrogen-bond donors (Lipinski definition) is 1. The summed E-state index contributed by atoms with van der Waals surface area (Å²) in [5.74, 6) is -0.157. The Morgan fingerprint density at radius 3 is 2.40 bits per heavy atom. The summed E-state index contributed by atoms with van der Waals surface area (Å²) in [5, 5.41) is 0. The van der Waals surface area contributed by atoms with Gasteiger partial charge in [-0.3, -0.25) is 9.59 Å². The van der Waals surface area contributed by atoms with Crippen molar-refractivity contribution in [1.82, 2.24) is 9.88 Å². The van der Waals surface area contributed by atoms with E-state index in [0.717, 1.165) is 12.0 Å². The summed E-state index contributed by atoms with van der Waals surface area (Å²) in [6.45, 7) is 2.63. The summed E-state index contributed by atoms with van der Waals surface area (Å²) in [6.07, 6.45) is 2.49. The standard InChI is InChI=1S/C16H18N2O2/c1-3-12-4-6-13(7-5-12)11-18(2)16(20)14-8-9-17-15(19)10-14/h4-10H,3,11H2,1-2H3,(H,17,19). The van der Waals surface area contributed by atoms with Gasteiger partial charge in [0, 0.05) is 31.4 Å². The lowest BCUT2D eigenvalue weighted by Gasteiger charge is -2.17. The summed E-state index contributed by atoms with van der Waals surface area (Å²) in [6, 6.07) is 11.1. The first-order valence-corrected chi connectivity index (χ1v) is 6.62. The molecule has 1 aromatic carbocycles. The average Bonchev–Trinajstić information content (AvgIpc) is 2.47. The molecule has 0 aliphatic heterocycles. The molecule has 2 aromatic rings. The van der Waals surface area contributed by atoms with E-state index in [1.807, 2.05) is 12.1 Å². The summed E-state index contributed by atoms with van der Waals surface area (Å²) in [7, 11) is 1.73. The van der Waals surface area contributed by atoms with Crippen molar-refractivity contribution in [2.24, 2.45) is 0 Å². The van der Waals surface area contributed by atoms with Gasteiger partial charge < -0.3 is 9.88 Å². The van der Waals surface area contributed by atoms with Crippen molar-refractivity contribution in [2.75, 3.05) is 7.05 Å². The maximum absolute atomic E-state index is 12.2. The van der Waals surface area contributed by atoms with Gasteiger partial charge in [-0.2, -0.15) is 0 Å². The van der Waals surface area contributed by atoms with E-state index in [2.05, 4.69) is 24.0 Å². The summed E-state index contributed by atoms with van der Waals surface area (Å²) >= 11 is 0. The van der Waals surface area contributed by atoms with Gasteiger partial charge in [-0.15, -0.1) is 0 Å². The minimum Gasteiger partial charge on any atom is -0.337 e. The van der Waals surface area contributed by atoms with E-state index in [9.17, 15) is 9.59 Å². The molecule has 1 amide bonds. The molecule has 0 fully saturated rings. The first-order chi connectivity index (χ1) is 9.60. The van der Waals surface area contributed by atoms with Crippen LogP contribution in [0.25, 0.3) is 0 Å². The molecule has 0 aliphatic rings. The molecule has 4 heteroatoms. The molecular weight excluding hydrogens is 252 g/mol. The number of pyridine rings is 1. The number of carbonyl (C=O) groups is 1. The summed E-state index contributed by atoms with van der Waals surface area (Å²) in [4.78, 5) is 27.5. The third-order valence-electron chi connectivity index (χ3n) is 3.22. The van der Waals surface area contributed by atoms with Crippen molar-refractivity contribution in [2.45, 2.75) is 19.9 Å². The maximum Gasteiger partial charge on any atom is 0.254 e. The van der Waals surface area contributed by atoms with Crippen LogP contribution in [0.4, 0.5) is 0 Å². The van der Waals surface area contributed by atoms with E-state index in [0.29, 0.717) is 12.1 Å². The Bertz CT molecular complexity index is 644. The maximum atomic E-state index is 12.2. The highest BCUT2D eigenvalue weighted by Crippen LogP contribution is 2.09. The number of aromatic nitrogens is 1. The lowest BCUT2D eigenvalue weighted by Crippen LogP contribution is -2.27. The summed E-state index contributed by atoms with van der Waals surface area (Å²) in [5.41, 5.74) is 2.48. The van der Waals surface area contributed by atoms with Crippen molar-refractivity contribution in [3.05, 3.63) is 69.6 Å². The second kappa shape index (κ2) is 6.19. The van der Waals surface area contributed by atoms with E-state index < -0.39 is 0 Å². The molecule has 1 aromatic heterocycles. The van der Waals surface area contributed by atoms with E-state index in [1.54, 1.807) is 18.0 Å². The number of aromatic amines is 1. The third-order valence-corrected chi connectivity index (χ3v) is 3.22. The van der Waals surface area contributed by atoms with Crippen LogP contribution in [0.15, 0.2) is 47.4 Å². The van der Waals surface area contributed by atoms with Gasteiger partial charge in [0.25, 0.3) is 5.91 Å². The Kier molecular flexibility index (Phi) is 4.35. The predicted molar refractivity (Wildman–Crippen MR) is 78.7 cm³/mol. The Hall–Kier alpha value is -2.36. The van der Waals surface area contributed by atoms with Gasteiger partial charge in [-0.25, -0.2) is 0 Å². The second-order valence-electron chi connectivity index (χ2n) is 4.77. The van der Waals surface area contributed by atoms with Crippen molar-refractivity contribution >= 4 is 5.91 Å². The van der Waals surface area contributed by atoms with Crippen LogP contribution < -0.4 is 5.56 Å². The zero-order chi connectivity index (χ0) is 14.5. The number of rotatable bonds is 4. The Morgan fingerprint density at radius 2 is 1.80 bits per heavy atom. The number of aryl methyl sites for hydroxylation is 1. The Morgan fingerprint density at radius 1 is 1.15 bits per heavy atom. The van der Waals surface area contributed by atoms with Gasteiger partial charge >= 0.3 is 0 Å². The van der Waals surface area contributed by atoms with Crippen molar-refractivity contribution in [3.63, 3.8) is 0 Å². The molecule has 20 heavy (non-hydrogen) atoms. The van der Waals surface area contributed by atoms with Gasteiger partial charge in [-0.1, -0.05) is 31.2 Å². The van der Waals surface area contributed by atoms with Crippen LogP contribution in [0.5, 0.6) is 0 Å². The zero-order valence-electron chi connectivity index (χ0n) is 11.7. The highest BCUT2D eigenvalue weighted by atomic mass is 16.2. The lowest BCUT2D eigenvalue weighted by molar-refractivity contribution is 0.0785. The molecule has 1 N–H and O–H groups in total. The second-order valence-corrected chi connectivity index (χ2v) is 4.77. The van der Waals surface area contributed by atoms with Gasteiger partial charge in [0.2, 0.25) is 5.56 Å². The predicted octanol–water partition coefficient (Wildman–Crippen LogP) is 2.21. The fraction of sp³-hybridized carbons (Fsp3) is 0.250. The molecule has 4 nitrogen and oxygen atoms in total. The van der Waals surface area contributed by atoms with Gasteiger partial charge in [0.1, 0.15) is 0 Å². The molecule has 0 bridgehead atoms. The molecule has 0 radical (unpaired) electrons. The zero-order valence-corrected chi connectivity index (χ0v) is 11.7. The number of benzene rings is 1. The molecule has 0 atom stereocenters. The lowest BCUT2D eigenvalue weighted by atomic mass is 10.1. The molecule has 0 saturated heterocycles. The van der Waals surface area contributed by atoms with Crippen LogP contribution in [0.1, 0.15) is 28.4 Å². The monoisotopic (exact) mass is 270 g/mol. The minimum atomic E-state index is -0.267. The van der Waals surface area contributed by atoms with Crippen LogP contribution in [-0.2, 0) is 13.0 Å². The van der Waals surface area contributed by atoms with E-state index in [1.165, 1.54) is 17.8 Å². The van der Waals surface area contributed by atoms with Crippen LogP contribution in [0, 0.1) is 0 Å². The Balaban J connectivity index is 2.09. The molecular formula is C16H18N2O2. The largest absolute Gasteiger partial charge is 0.337 e. The molecule has 0 unspecified atom stereocenters. The van der Waals surface area contributed by atoms with Crippen molar-refractivity contribution < 1.29 is 4.79 Å². The fourth-order valence-electron chi connectivity index (χ4n) is 2.02. The molecule has 0 aliphatic carbocycles. The Labute approximate surface area is 118 Å². The topological polar surface area (TPSA) is 53.2 Å².